The van der Waals surface area contributed by atoms with Crippen LogP contribution in [0.4, 0.5) is 0 Å². The van der Waals surface area contributed by atoms with Gasteiger partial charge in [0.2, 0.25) is 5.91 Å². The van der Waals surface area contributed by atoms with E-state index in [0.29, 0.717) is 12.5 Å². The van der Waals surface area contributed by atoms with E-state index in [1.165, 1.54) is 0 Å². The number of halogens is 1. The Bertz CT molecular complexity index is 665. The lowest BCUT2D eigenvalue weighted by molar-refractivity contribution is -0.128. The van der Waals surface area contributed by atoms with Crippen LogP contribution in [0.25, 0.3) is 10.9 Å². The zero-order valence-corrected chi connectivity index (χ0v) is 14.1. The van der Waals surface area contributed by atoms with E-state index in [-0.39, 0.29) is 11.3 Å². The van der Waals surface area contributed by atoms with Gasteiger partial charge in [-0.2, -0.15) is 0 Å². The van der Waals surface area contributed by atoms with E-state index in [2.05, 4.69) is 30.2 Å². The SMILES string of the molecule is CC(C)c1cc2[nH]c(CNC(=O)C(C)(C)C)cc2cc1Cl. The second kappa shape index (κ2) is 5.72. The number of H-pyrrole nitrogens is 1. The molecule has 1 aromatic carbocycles. The van der Waals surface area contributed by atoms with Crippen molar-refractivity contribution in [2.75, 3.05) is 0 Å². The summed E-state index contributed by atoms with van der Waals surface area (Å²) in [5.41, 5.74) is 2.80. The summed E-state index contributed by atoms with van der Waals surface area (Å²) in [6, 6.07) is 6.11. The van der Waals surface area contributed by atoms with Crippen LogP contribution in [-0.2, 0) is 11.3 Å². The molecule has 0 unspecified atom stereocenters. The fourth-order valence-electron chi connectivity index (χ4n) is 2.21. The van der Waals surface area contributed by atoms with Crippen LogP contribution in [0.15, 0.2) is 18.2 Å². The third-order valence-electron chi connectivity index (χ3n) is 3.54. The summed E-state index contributed by atoms with van der Waals surface area (Å²) in [4.78, 5) is 15.3. The molecule has 0 bridgehead atoms. The Kier molecular flexibility index (Phi) is 4.33. The first-order valence-corrected chi connectivity index (χ1v) is 7.65. The number of hydrogen-bond donors (Lipinski definition) is 2. The third-order valence-corrected chi connectivity index (χ3v) is 3.86. The van der Waals surface area contributed by atoms with Crippen molar-refractivity contribution < 1.29 is 4.79 Å². The average molecular weight is 307 g/mol. The Morgan fingerprint density at radius 3 is 2.52 bits per heavy atom. The van der Waals surface area contributed by atoms with Crippen LogP contribution < -0.4 is 5.32 Å². The van der Waals surface area contributed by atoms with Gasteiger partial charge in [0.15, 0.2) is 0 Å². The Morgan fingerprint density at radius 2 is 1.95 bits per heavy atom. The van der Waals surface area contributed by atoms with Crippen LogP contribution >= 0.6 is 11.6 Å². The Morgan fingerprint density at radius 1 is 1.29 bits per heavy atom. The number of amides is 1. The number of fused-ring (bicyclic) bond motifs is 1. The van der Waals surface area contributed by atoms with E-state index in [1.54, 1.807) is 0 Å². The lowest BCUT2D eigenvalue weighted by Gasteiger charge is -2.17. The van der Waals surface area contributed by atoms with Gasteiger partial charge in [-0.1, -0.05) is 46.2 Å². The van der Waals surface area contributed by atoms with E-state index in [0.717, 1.165) is 27.2 Å². The topological polar surface area (TPSA) is 44.9 Å². The van der Waals surface area contributed by atoms with E-state index < -0.39 is 0 Å². The molecule has 0 saturated carbocycles. The van der Waals surface area contributed by atoms with Crippen LogP contribution in [0, 0.1) is 5.41 Å². The molecule has 1 aromatic heterocycles. The monoisotopic (exact) mass is 306 g/mol. The maximum absolute atomic E-state index is 11.9. The van der Waals surface area contributed by atoms with Gasteiger partial charge in [0.25, 0.3) is 0 Å². The fraction of sp³-hybridized carbons (Fsp3) is 0.471. The first kappa shape index (κ1) is 15.9. The maximum atomic E-state index is 11.9. The Balaban J connectivity index is 2.22. The molecule has 21 heavy (non-hydrogen) atoms. The molecule has 1 heterocycles. The predicted molar refractivity (Wildman–Crippen MR) is 88.7 cm³/mol. The summed E-state index contributed by atoms with van der Waals surface area (Å²) in [6.45, 7) is 10.5. The van der Waals surface area contributed by atoms with Crippen molar-refractivity contribution in [1.29, 1.82) is 0 Å². The zero-order valence-electron chi connectivity index (χ0n) is 13.3. The summed E-state index contributed by atoms with van der Waals surface area (Å²) in [5, 5.41) is 4.82. The Labute approximate surface area is 131 Å². The molecule has 0 atom stereocenters. The molecule has 0 radical (unpaired) electrons. The zero-order chi connectivity index (χ0) is 15.8. The van der Waals surface area contributed by atoms with Gasteiger partial charge >= 0.3 is 0 Å². The molecule has 4 heteroatoms. The van der Waals surface area contributed by atoms with E-state index in [9.17, 15) is 4.79 Å². The number of rotatable bonds is 3. The minimum absolute atomic E-state index is 0.0436. The van der Waals surface area contributed by atoms with Crippen molar-refractivity contribution in [3.05, 3.63) is 34.5 Å². The van der Waals surface area contributed by atoms with Gasteiger partial charge in [-0.3, -0.25) is 4.79 Å². The highest BCUT2D eigenvalue weighted by molar-refractivity contribution is 6.32. The molecule has 114 valence electrons. The van der Waals surface area contributed by atoms with E-state index in [4.69, 9.17) is 11.6 Å². The molecule has 0 aliphatic carbocycles. The highest BCUT2D eigenvalue weighted by Crippen LogP contribution is 2.29. The second-order valence-corrected chi connectivity index (χ2v) is 7.25. The van der Waals surface area contributed by atoms with Crippen molar-refractivity contribution in [3.63, 3.8) is 0 Å². The maximum Gasteiger partial charge on any atom is 0.225 e. The smallest absolute Gasteiger partial charge is 0.225 e. The van der Waals surface area contributed by atoms with Gasteiger partial charge in [0, 0.05) is 27.0 Å². The molecule has 3 nitrogen and oxygen atoms in total. The summed E-state index contributed by atoms with van der Waals surface area (Å²) >= 11 is 6.31. The van der Waals surface area contributed by atoms with Gasteiger partial charge in [-0.15, -0.1) is 0 Å². The van der Waals surface area contributed by atoms with Crippen LogP contribution in [-0.4, -0.2) is 10.9 Å². The summed E-state index contributed by atoms with van der Waals surface area (Å²) in [7, 11) is 0. The first-order chi connectivity index (χ1) is 9.68. The summed E-state index contributed by atoms with van der Waals surface area (Å²) < 4.78 is 0. The summed E-state index contributed by atoms with van der Waals surface area (Å²) in [6.07, 6.45) is 0. The van der Waals surface area contributed by atoms with Crippen molar-refractivity contribution in [2.45, 2.75) is 47.1 Å². The molecule has 0 saturated heterocycles. The van der Waals surface area contributed by atoms with Crippen LogP contribution in [0.1, 0.15) is 51.8 Å². The quantitative estimate of drug-likeness (QED) is 0.854. The minimum Gasteiger partial charge on any atom is -0.357 e. The lowest BCUT2D eigenvalue weighted by atomic mass is 9.96. The number of nitrogens with one attached hydrogen (secondary N) is 2. The third kappa shape index (κ3) is 3.59. The molecule has 1 amide bonds. The normalized spacial score (nSPS) is 12.1. The molecule has 2 N–H and O–H groups in total. The van der Waals surface area contributed by atoms with Crippen LogP contribution in [0.5, 0.6) is 0 Å². The highest BCUT2D eigenvalue weighted by atomic mass is 35.5. The number of aromatic nitrogens is 1. The largest absolute Gasteiger partial charge is 0.357 e. The van der Waals surface area contributed by atoms with Crippen molar-refractivity contribution in [2.24, 2.45) is 5.41 Å². The van der Waals surface area contributed by atoms with Gasteiger partial charge in [-0.05, 0) is 29.7 Å². The second-order valence-electron chi connectivity index (χ2n) is 6.84. The van der Waals surface area contributed by atoms with Gasteiger partial charge < -0.3 is 10.3 Å². The molecular weight excluding hydrogens is 284 g/mol. The highest BCUT2D eigenvalue weighted by Gasteiger charge is 2.20. The standard InChI is InChI=1S/C17H23ClN2O/c1-10(2)13-8-15-11(7-14(13)18)6-12(20-15)9-19-16(21)17(3,4)5/h6-8,10,20H,9H2,1-5H3,(H,19,21). The lowest BCUT2D eigenvalue weighted by Crippen LogP contribution is -2.34. The average Bonchev–Trinajstić information content (AvgIpc) is 2.75. The molecule has 2 aromatic rings. The number of carbonyl (C=O) groups excluding carboxylic acids is 1. The molecule has 0 fully saturated rings. The molecule has 2 rings (SSSR count). The van der Waals surface area contributed by atoms with Crippen molar-refractivity contribution >= 4 is 28.4 Å². The number of aromatic amines is 1. The van der Waals surface area contributed by atoms with Crippen LogP contribution in [0.2, 0.25) is 5.02 Å². The van der Waals surface area contributed by atoms with Crippen molar-refractivity contribution in [3.8, 4) is 0 Å². The van der Waals surface area contributed by atoms with Crippen molar-refractivity contribution in [1.82, 2.24) is 10.3 Å². The molecule has 0 aliphatic heterocycles. The number of benzene rings is 1. The molecular formula is C17H23ClN2O. The number of hydrogen-bond acceptors (Lipinski definition) is 1. The first-order valence-electron chi connectivity index (χ1n) is 7.28. The number of carbonyl (C=O) groups is 1. The van der Waals surface area contributed by atoms with Crippen LogP contribution in [0.3, 0.4) is 0 Å². The van der Waals surface area contributed by atoms with Gasteiger partial charge in [0.1, 0.15) is 0 Å². The van der Waals surface area contributed by atoms with E-state index in [1.807, 2.05) is 32.9 Å². The predicted octanol–water partition coefficient (Wildman–Crippen LogP) is 4.61. The fourth-order valence-corrected chi connectivity index (χ4v) is 2.60. The summed E-state index contributed by atoms with van der Waals surface area (Å²) in [5.74, 6) is 0.427. The molecule has 0 aliphatic rings. The van der Waals surface area contributed by atoms with E-state index >= 15 is 0 Å². The molecule has 0 spiro atoms. The van der Waals surface area contributed by atoms with Gasteiger partial charge in [-0.25, -0.2) is 0 Å². The minimum atomic E-state index is -0.375. The Hall–Kier alpha value is -1.48. The van der Waals surface area contributed by atoms with Gasteiger partial charge in [0.05, 0.1) is 6.54 Å².